The van der Waals surface area contributed by atoms with Crippen molar-refractivity contribution in [1.29, 1.82) is 0 Å². The summed E-state index contributed by atoms with van der Waals surface area (Å²) < 4.78 is 62.4. The minimum Gasteiger partial charge on any atom is -0.329 e. The molecule has 0 aliphatic carbocycles. The van der Waals surface area contributed by atoms with Crippen molar-refractivity contribution in [1.82, 2.24) is 9.55 Å². The molecule has 1 aromatic heterocycles. The van der Waals surface area contributed by atoms with E-state index in [1.807, 2.05) is 0 Å². The molecule has 104 valence electrons. The van der Waals surface area contributed by atoms with Crippen LogP contribution in [0.4, 0.5) is 0 Å². The third-order valence-electron chi connectivity index (χ3n) is 2.48. The fraction of sp³-hybridized carbons (Fsp3) is 0.222. The van der Waals surface area contributed by atoms with Crippen molar-refractivity contribution in [2.45, 2.75) is 11.4 Å². The van der Waals surface area contributed by atoms with Crippen LogP contribution in [-0.4, -0.2) is 41.2 Å². The third-order valence-corrected chi connectivity index (χ3v) is 4.03. The molecule has 0 bridgehead atoms. The standard InChI is InChI=1S/C9H10N2O6S2/c12-18(13,14)4-3-11-6-10-8-2-1-7(5-9(8)11)19(15,16)17/h1-2,5-6H,3-4H2,(H,12,13,14)(H,15,16,17). The number of imidazole rings is 1. The first-order valence-electron chi connectivity index (χ1n) is 5.04. The Labute approximate surface area is 109 Å². The van der Waals surface area contributed by atoms with Crippen LogP contribution in [0.25, 0.3) is 11.0 Å². The molecule has 2 rings (SSSR count). The molecule has 1 aromatic carbocycles. The molecule has 0 saturated heterocycles. The second-order valence-electron chi connectivity index (χ2n) is 3.85. The van der Waals surface area contributed by atoms with Gasteiger partial charge in [0, 0.05) is 6.54 Å². The van der Waals surface area contributed by atoms with Crippen molar-refractivity contribution in [2.75, 3.05) is 5.75 Å². The van der Waals surface area contributed by atoms with Crippen molar-refractivity contribution in [3.63, 3.8) is 0 Å². The molecular weight excluding hydrogens is 296 g/mol. The summed E-state index contributed by atoms with van der Waals surface area (Å²) in [5, 5.41) is 0. The molecule has 19 heavy (non-hydrogen) atoms. The summed E-state index contributed by atoms with van der Waals surface area (Å²) in [5.74, 6) is -0.519. The molecule has 0 aliphatic rings. The van der Waals surface area contributed by atoms with E-state index in [1.165, 1.54) is 29.1 Å². The van der Waals surface area contributed by atoms with Crippen LogP contribution in [-0.2, 0) is 26.8 Å². The summed E-state index contributed by atoms with van der Waals surface area (Å²) in [5.41, 5.74) is 0.793. The van der Waals surface area contributed by atoms with Crippen LogP contribution in [0.5, 0.6) is 0 Å². The van der Waals surface area contributed by atoms with Gasteiger partial charge in [-0.3, -0.25) is 9.11 Å². The van der Waals surface area contributed by atoms with E-state index in [4.69, 9.17) is 9.11 Å². The largest absolute Gasteiger partial charge is 0.329 e. The molecule has 0 fully saturated rings. The summed E-state index contributed by atoms with van der Waals surface area (Å²) in [4.78, 5) is 3.64. The fourth-order valence-electron chi connectivity index (χ4n) is 1.59. The predicted molar refractivity (Wildman–Crippen MR) is 66.0 cm³/mol. The van der Waals surface area contributed by atoms with Crippen LogP contribution in [0.3, 0.4) is 0 Å². The number of fused-ring (bicyclic) bond motifs is 1. The number of nitrogens with zero attached hydrogens (tertiary/aromatic N) is 2. The van der Waals surface area contributed by atoms with E-state index in [2.05, 4.69) is 4.98 Å². The predicted octanol–water partition coefficient (Wildman–Crippen LogP) is 0.171. The molecule has 0 amide bonds. The lowest BCUT2D eigenvalue weighted by molar-refractivity contribution is 0.477. The highest BCUT2D eigenvalue weighted by atomic mass is 32.2. The van der Waals surface area contributed by atoms with Crippen LogP contribution in [0.15, 0.2) is 29.4 Å². The smallest absolute Gasteiger partial charge is 0.294 e. The van der Waals surface area contributed by atoms with Gasteiger partial charge in [0.25, 0.3) is 20.2 Å². The van der Waals surface area contributed by atoms with Gasteiger partial charge in [0.2, 0.25) is 0 Å². The highest BCUT2D eigenvalue weighted by Crippen LogP contribution is 2.18. The zero-order valence-corrected chi connectivity index (χ0v) is 11.1. The first-order chi connectivity index (χ1) is 8.67. The number of hydrogen-bond donors (Lipinski definition) is 2. The molecule has 2 aromatic rings. The van der Waals surface area contributed by atoms with Gasteiger partial charge >= 0.3 is 0 Å². The van der Waals surface area contributed by atoms with Crippen molar-refractivity contribution in [2.24, 2.45) is 0 Å². The van der Waals surface area contributed by atoms with Crippen LogP contribution in [0, 0.1) is 0 Å². The van der Waals surface area contributed by atoms with E-state index in [0.29, 0.717) is 11.0 Å². The summed E-state index contributed by atoms with van der Waals surface area (Å²) in [6, 6.07) is 3.77. The Hall–Kier alpha value is -1.49. The molecule has 0 spiro atoms. The highest BCUT2D eigenvalue weighted by molar-refractivity contribution is 7.86. The lowest BCUT2D eigenvalue weighted by Gasteiger charge is -2.03. The normalized spacial score (nSPS) is 12.9. The van der Waals surface area contributed by atoms with E-state index in [0.717, 1.165) is 0 Å². The summed E-state index contributed by atoms with van der Waals surface area (Å²) in [6.07, 6.45) is 1.32. The maximum atomic E-state index is 11.0. The van der Waals surface area contributed by atoms with Gasteiger partial charge in [0.15, 0.2) is 0 Å². The Kier molecular flexibility index (Phi) is 3.34. The van der Waals surface area contributed by atoms with Crippen LogP contribution in [0.1, 0.15) is 0 Å². The number of hydrogen-bond acceptors (Lipinski definition) is 5. The van der Waals surface area contributed by atoms with Gasteiger partial charge in [-0.2, -0.15) is 16.8 Å². The second kappa shape index (κ2) is 4.56. The molecule has 8 nitrogen and oxygen atoms in total. The van der Waals surface area contributed by atoms with Gasteiger partial charge in [0.05, 0.1) is 28.0 Å². The van der Waals surface area contributed by atoms with Crippen molar-refractivity contribution < 1.29 is 25.9 Å². The lowest BCUT2D eigenvalue weighted by Crippen LogP contribution is -2.11. The Bertz CT molecular complexity index is 822. The van der Waals surface area contributed by atoms with E-state index in [1.54, 1.807) is 0 Å². The lowest BCUT2D eigenvalue weighted by atomic mass is 10.3. The molecule has 2 N–H and O–H groups in total. The monoisotopic (exact) mass is 306 g/mol. The van der Waals surface area contributed by atoms with Gasteiger partial charge in [-0.25, -0.2) is 4.98 Å². The number of aromatic nitrogens is 2. The van der Waals surface area contributed by atoms with Crippen molar-refractivity contribution in [3.05, 3.63) is 24.5 Å². The van der Waals surface area contributed by atoms with E-state index in [-0.39, 0.29) is 11.4 Å². The highest BCUT2D eigenvalue weighted by Gasteiger charge is 2.13. The first kappa shape index (κ1) is 13.9. The molecule has 10 heteroatoms. The van der Waals surface area contributed by atoms with E-state index < -0.39 is 26.0 Å². The first-order valence-corrected chi connectivity index (χ1v) is 8.09. The topological polar surface area (TPSA) is 127 Å². The van der Waals surface area contributed by atoms with Gasteiger partial charge in [-0.15, -0.1) is 0 Å². The Balaban J connectivity index is 2.46. The SMILES string of the molecule is O=S(=O)(O)CCn1cnc2ccc(S(=O)(=O)O)cc21. The average molecular weight is 306 g/mol. The quantitative estimate of drug-likeness (QED) is 0.771. The zero-order chi connectivity index (χ0) is 14.3. The Morgan fingerprint density at radius 2 is 1.84 bits per heavy atom. The van der Waals surface area contributed by atoms with Gasteiger partial charge in [-0.1, -0.05) is 0 Å². The fourth-order valence-corrected chi connectivity index (χ4v) is 2.52. The minimum atomic E-state index is -4.34. The third kappa shape index (κ3) is 3.29. The molecule has 0 unspecified atom stereocenters. The van der Waals surface area contributed by atoms with E-state index in [9.17, 15) is 16.8 Å². The number of rotatable bonds is 4. The molecule has 0 atom stereocenters. The molecule has 0 saturated carbocycles. The second-order valence-corrected chi connectivity index (χ2v) is 6.84. The van der Waals surface area contributed by atoms with Crippen molar-refractivity contribution in [3.8, 4) is 0 Å². The van der Waals surface area contributed by atoms with E-state index >= 15 is 0 Å². The van der Waals surface area contributed by atoms with Crippen LogP contribution >= 0.6 is 0 Å². The maximum absolute atomic E-state index is 11.0. The van der Waals surface area contributed by atoms with Gasteiger partial charge in [0.1, 0.15) is 0 Å². The number of benzene rings is 1. The molecule has 1 heterocycles. The van der Waals surface area contributed by atoms with Crippen molar-refractivity contribution >= 4 is 31.3 Å². The van der Waals surface area contributed by atoms with Crippen LogP contribution in [0.2, 0.25) is 0 Å². The average Bonchev–Trinajstić information content (AvgIpc) is 2.66. The molecule has 0 aliphatic heterocycles. The zero-order valence-electron chi connectivity index (χ0n) is 9.46. The number of aryl methyl sites for hydroxylation is 1. The summed E-state index contributed by atoms with van der Waals surface area (Å²) in [6.45, 7) is -0.0791. The van der Waals surface area contributed by atoms with Gasteiger partial charge < -0.3 is 4.57 Å². The summed E-state index contributed by atoms with van der Waals surface area (Å²) in [7, 11) is -8.46. The summed E-state index contributed by atoms with van der Waals surface area (Å²) >= 11 is 0. The Morgan fingerprint density at radius 1 is 1.16 bits per heavy atom. The van der Waals surface area contributed by atoms with Gasteiger partial charge in [-0.05, 0) is 18.2 Å². The maximum Gasteiger partial charge on any atom is 0.294 e. The minimum absolute atomic E-state index is 0.0791. The van der Waals surface area contributed by atoms with Crippen LogP contribution < -0.4 is 0 Å². The Morgan fingerprint density at radius 3 is 2.42 bits per heavy atom. The molecular formula is C9H10N2O6S2. The molecule has 0 radical (unpaired) electrons.